The second-order valence-electron chi connectivity index (χ2n) is 4.97. The number of aryl methyl sites for hydroxylation is 1. The van der Waals surface area contributed by atoms with Gasteiger partial charge in [-0.1, -0.05) is 17.7 Å². The van der Waals surface area contributed by atoms with Gasteiger partial charge in [-0.25, -0.2) is 13.2 Å². The fraction of sp³-hybridized carbons (Fsp3) is 0.333. The summed E-state index contributed by atoms with van der Waals surface area (Å²) in [5.74, 6) is 0. The number of carbonyl (C=O) groups is 1. The summed E-state index contributed by atoms with van der Waals surface area (Å²) < 4.78 is 26.4. The van der Waals surface area contributed by atoms with Crippen molar-refractivity contribution in [3.8, 4) is 0 Å². The number of benzene rings is 1. The Hall–Kier alpha value is -1.86. The summed E-state index contributed by atoms with van der Waals surface area (Å²) in [7, 11) is -3.83. The van der Waals surface area contributed by atoms with E-state index in [0.29, 0.717) is 23.7 Å². The first-order valence-corrected chi connectivity index (χ1v) is 9.03. The number of halogens is 1. The summed E-state index contributed by atoms with van der Waals surface area (Å²) in [4.78, 5) is 13.9. The highest BCUT2D eigenvalue weighted by Gasteiger charge is 2.24. The maximum Gasteiger partial charge on any atom is 0.344 e. The molecule has 1 aromatic carbocycles. The van der Waals surface area contributed by atoms with Crippen LogP contribution in [0.4, 0.5) is 4.79 Å². The van der Waals surface area contributed by atoms with Crippen LogP contribution in [0.15, 0.2) is 40.4 Å². The largest absolute Gasteiger partial charge is 0.344 e. The summed E-state index contributed by atoms with van der Waals surface area (Å²) in [6.45, 7) is 6.41. The molecule has 0 atom stereocenters. The van der Waals surface area contributed by atoms with Crippen molar-refractivity contribution in [2.24, 2.45) is 0 Å². The molecule has 0 fully saturated rings. The first-order valence-electron chi connectivity index (χ1n) is 7.17. The van der Waals surface area contributed by atoms with Crippen LogP contribution in [0, 0.1) is 6.92 Å². The van der Waals surface area contributed by atoms with Gasteiger partial charge in [0.1, 0.15) is 0 Å². The SMILES string of the molecule is CCN(CC)C(=O)n1ccc(S(=O)(=O)c2cc(Cl)ccc2C)n1. The van der Waals surface area contributed by atoms with Crippen LogP contribution in [0.3, 0.4) is 0 Å². The lowest BCUT2D eigenvalue weighted by molar-refractivity contribution is 0.201. The van der Waals surface area contributed by atoms with Crippen LogP contribution >= 0.6 is 11.6 Å². The number of rotatable bonds is 4. The quantitative estimate of drug-likeness (QED) is 0.845. The molecular formula is C15H18ClN3O3S. The molecule has 1 aromatic heterocycles. The Morgan fingerprint density at radius 1 is 1.26 bits per heavy atom. The monoisotopic (exact) mass is 355 g/mol. The van der Waals surface area contributed by atoms with Gasteiger partial charge in [-0.15, -0.1) is 0 Å². The Balaban J connectivity index is 2.43. The molecule has 0 aliphatic heterocycles. The van der Waals surface area contributed by atoms with Gasteiger partial charge in [0.25, 0.3) is 0 Å². The van der Waals surface area contributed by atoms with Gasteiger partial charge in [0.15, 0.2) is 5.03 Å². The van der Waals surface area contributed by atoms with Gasteiger partial charge in [-0.3, -0.25) is 0 Å². The Labute approximate surface area is 140 Å². The molecule has 23 heavy (non-hydrogen) atoms. The molecule has 0 spiro atoms. The molecule has 0 N–H and O–H groups in total. The fourth-order valence-electron chi connectivity index (χ4n) is 2.17. The highest BCUT2D eigenvalue weighted by atomic mass is 35.5. The minimum Gasteiger partial charge on any atom is -0.323 e. The van der Waals surface area contributed by atoms with E-state index in [-0.39, 0.29) is 16.0 Å². The Morgan fingerprint density at radius 3 is 2.52 bits per heavy atom. The standard InChI is InChI=1S/C15H18ClN3O3S/c1-4-18(5-2)15(20)19-9-8-14(17-19)23(21,22)13-10-12(16)7-6-11(13)3/h6-10H,4-5H2,1-3H3. The van der Waals surface area contributed by atoms with E-state index < -0.39 is 9.84 Å². The molecule has 0 bridgehead atoms. The van der Waals surface area contributed by atoms with Crippen LogP contribution in [-0.4, -0.2) is 42.2 Å². The number of sulfone groups is 1. The Morgan fingerprint density at radius 2 is 1.91 bits per heavy atom. The topological polar surface area (TPSA) is 72.3 Å². The lowest BCUT2D eigenvalue weighted by Crippen LogP contribution is -2.34. The van der Waals surface area contributed by atoms with Crippen molar-refractivity contribution in [3.63, 3.8) is 0 Å². The molecule has 0 saturated heterocycles. The first kappa shape index (κ1) is 17.5. The molecule has 0 aliphatic rings. The fourth-order valence-corrected chi connectivity index (χ4v) is 3.84. The van der Waals surface area contributed by atoms with E-state index in [0.717, 1.165) is 4.68 Å². The zero-order chi connectivity index (χ0) is 17.2. The third kappa shape index (κ3) is 3.40. The van der Waals surface area contributed by atoms with Crippen LogP contribution < -0.4 is 0 Å². The average Bonchev–Trinajstić information content (AvgIpc) is 3.01. The molecular weight excluding hydrogens is 338 g/mol. The second kappa shape index (κ2) is 6.72. The van der Waals surface area contributed by atoms with Crippen LogP contribution in [-0.2, 0) is 9.84 Å². The number of nitrogens with zero attached hydrogens (tertiary/aromatic N) is 3. The van der Waals surface area contributed by atoms with E-state index in [1.807, 2.05) is 13.8 Å². The summed E-state index contributed by atoms with van der Waals surface area (Å²) in [5, 5.41) is 4.09. The predicted octanol–water partition coefficient (Wildman–Crippen LogP) is 2.99. The summed E-state index contributed by atoms with van der Waals surface area (Å²) in [5.41, 5.74) is 0.569. The minimum absolute atomic E-state index is 0.0885. The molecule has 8 heteroatoms. The van der Waals surface area contributed by atoms with E-state index in [1.54, 1.807) is 24.0 Å². The summed E-state index contributed by atoms with van der Waals surface area (Å²) in [6.07, 6.45) is 1.35. The van der Waals surface area contributed by atoms with Gasteiger partial charge < -0.3 is 4.90 Å². The van der Waals surface area contributed by atoms with E-state index in [2.05, 4.69) is 5.10 Å². The minimum atomic E-state index is -3.83. The summed E-state index contributed by atoms with van der Waals surface area (Å²) in [6, 6.07) is 5.60. The van der Waals surface area contributed by atoms with Crippen molar-refractivity contribution in [3.05, 3.63) is 41.0 Å². The van der Waals surface area contributed by atoms with Crippen LogP contribution in [0.25, 0.3) is 0 Å². The molecule has 2 aromatic rings. The van der Waals surface area contributed by atoms with Crippen LogP contribution in [0.2, 0.25) is 5.02 Å². The highest BCUT2D eigenvalue weighted by Crippen LogP contribution is 2.25. The van der Waals surface area contributed by atoms with Gasteiger partial charge in [0.2, 0.25) is 9.84 Å². The number of hydrogen-bond acceptors (Lipinski definition) is 4. The van der Waals surface area contributed by atoms with Crippen molar-refractivity contribution in [1.29, 1.82) is 0 Å². The van der Waals surface area contributed by atoms with Crippen molar-refractivity contribution in [2.45, 2.75) is 30.7 Å². The third-order valence-corrected chi connectivity index (χ3v) is 5.53. The Bertz CT molecular complexity index is 826. The number of hydrogen-bond donors (Lipinski definition) is 0. The Kier molecular flexibility index (Phi) is 5.11. The van der Waals surface area contributed by atoms with Crippen molar-refractivity contribution in [2.75, 3.05) is 13.1 Å². The van der Waals surface area contributed by atoms with Crippen LogP contribution in [0.5, 0.6) is 0 Å². The smallest absolute Gasteiger partial charge is 0.323 e. The van der Waals surface area contributed by atoms with Gasteiger partial charge in [-0.2, -0.15) is 9.78 Å². The zero-order valence-electron chi connectivity index (χ0n) is 13.2. The van der Waals surface area contributed by atoms with E-state index in [9.17, 15) is 13.2 Å². The molecule has 0 aliphatic carbocycles. The highest BCUT2D eigenvalue weighted by molar-refractivity contribution is 7.91. The lowest BCUT2D eigenvalue weighted by atomic mass is 10.2. The van der Waals surface area contributed by atoms with E-state index >= 15 is 0 Å². The van der Waals surface area contributed by atoms with Crippen molar-refractivity contribution < 1.29 is 13.2 Å². The molecule has 0 saturated carbocycles. The van der Waals surface area contributed by atoms with E-state index in [4.69, 9.17) is 11.6 Å². The van der Waals surface area contributed by atoms with Gasteiger partial charge in [0, 0.05) is 24.3 Å². The second-order valence-corrected chi connectivity index (χ2v) is 7.27. The molecule has 1 heterocycles. The molecule has 0 unspecified atom stereocenters. The average molecular weight is 356 g/mol. The number of aromatic nitrogens is 2. The number of amides is 1. The molecule has 124 valence electrons. The lowest BCUT2D eigenvalue weighted by Gasteiger charge is -2.17. The van der Waals surface area contributed by atoms with Crippen molar-refractivity contribution in [1.82, 2.24) is 14.7 Å². The number of carbonyl (C=O) groups excluding carboxylic acids is 1. The van der Waals surface area contributed by atoms with Gasteiger partial charge >= 0.3 is 6.03 Å². The molecule has 2 rings (SSSR count). The van der Waals surface area contributed by atoms with Gasteiger partial charge in [0.05, 0.1) is 4.90 Å². The maximum atomic E-state index is 12.7. The molecule has 0 radical (unpaired) electrons. The summed E-state index contributed by atoms with van der Waals surface area (Å²) >= 11 is 5.89. The van der Waals surface area contributed by atoms with Crippen molar-refractivity contribution >= 4 is 27.5 Å². The third-order valence-electron chi connectivity index (χ3n) is 3.51. The molecule has 1 amide bonds. The van der Waals surface area contributed by atoms with Crippen LogP contribution in [0.1, 0.15) is 19.4 Å². The first-order chi connectivity index (χ1) is 10.8. The maximum absolute atomic E-state index is 12.7. The van der Waals surface area contributed by atoms with Gasteiger partial charge in [-0.05, 0) is 44.5 Å². The zero-order valence-corrected chi connectivity index (χ0v) is 14.7. The van der Waals surface area contributed by atoms with E-state index in [1.165, 1.54) is 18.3 Å². The molecule has 6 nitrogen and oxygen atoms in total. The normalized spacial score (nSPS) is 11.5. The predicted molar refractivity (Wildman–Crippen MR) is 87.6 cm³/mol.